The number of para-hydroxylation sites is 1. The second-order valence-corrected chi connectivity index (χ2v) is 7.11. The Labute approximate surface area is 142 Å². The molecule has 0 aromatic heterocycles. The molecule has 122 valence electrons. The van der Waals surface area contributed by atoms with Gasteiger partial charge in [0.05, 0.1) is 17.5 Å². The van der Waals surface area contributed by atoms with Gasteiger partial charge in [-0.1, -0.05) is 24.1 Å². The summed E-state index contributed by atoms with van der Waals surface area (Å²) in [5.74, 6) is 1.96. The molecular weight excluding hydrogens is 300 g/mol. The van der Waals surface area contributed by atoms with Gasteiger partial charge < -0.3 is 10.6 Å². The fourth-order valence-corrected chi connectivity index (χ4v) is 3.03. The Bertz CT molecular complexity index is 819. The van der Waals surface area contributed by atoms with Crippen LogP contribution in [0.3, 0.4) is 0 Å². The van der Waals surface area contributed by atoms with E-state index >= 15 is 0 Å². The molecule has 0 spiro atoms. The van der Waals surface area contributed by atoms with Gasteiger partial charge >= 0.3 is 0 Å². The number of Topliss-reactive ketones (excluding diaryl/α,β-unsaturated/α-hetero) is 1. The van der Waals surface area contributed by atoms with Gasteiger partial charge in [0.1, 0.15) is 0 Å². The number of nitrogens with one attached hydrogen (secondary N) is 2. The fraction of sp³-hybridized carbons (Fsp3) is 0.300. The third kappa shape index (κ3) is 2.85. The summed E-state index contributed by atoms with van der Waals surface area (Å²) < 4.78 is 0. The monoisotopic (exact) mass is 320 g/mol. The zero-order chi connectivity index (χ0) is 17.5. The third-order valence-corrected chi connectivity index (χ3v) is 4.08. The van der Waals surface area contributed by atoms with Gasteiger partial charge in [-0.25, -0.2) is 0 Å². The molecule has 2 aliphatic rings. The standard InChI is InChI=1S/C20H20N2O2/c1-5-12-10-15-17(11-14(12)19(24)22-20(2,3)4)21-16-9-7-6-8-13(16)18(15)23/h1,6-11,15,17,21H,2-4H3,(H,22,24). The molecule has 0 bridgehead atoms. The summed E-state index contributed by atoms with van der Waals surface area (Å²) in [5, 5.41) is 6.25. The SMILES string of the molecule is C#CC1=CC2C(=O)c3ccccc3NC2C=C1C(=O)NC(C)(C)C. The topological polar surface area (TPSA) is 58.2 Å². The molecule has 0 saturated heterocycles. The first-order chi connectivity index (χ1) is 11.3. The number of hydrogen-bond donors (Lipinski definition) is 2. The number of anilines is 1. The summed E-state index contributed by atoms with van der Waals surface area (Å²) in [4.78, 5) is 25.3. The third-order valence-electron chi connectivity index (χ3n) is 4.08. The van der Waals surface area contributed by atoms with Gasteiger partial charge in [0.25, 0.3) is 5.91 Å². The van der Waals surface area contributed by atoms with Crippen LogP contribution in [0.4, 0.5) is 5.69 Å². The van der Waals surface area contributed by atoms with E-state index in [9.17, 15) is 9.59 Å². The average Bonchev–Trinajstić information content (AvgIpc) is 2.52. The molecule has 2 N–H and O–H groups in total. The lowest BCUT2D eigenvalue weighted by Crippen LogP contribution is -2.44. The van der Waals surface area contributed by atoms with Crippen LogP contribution in [0.5, 0.6) is 0 Å². The second-order valence-electron chi connectivity index (χ2n) is 7.11. The number of hydrogen-bond acceptors (Lipinski definition) is 3. The molecule has 1 aliphatic carbocycles. The highest BCUT2D eigenvalue weighted by Crippen LogP contribution is 2.34. The van der Waals surface area contributed by atoms with Crippen LogP contribution in [0.1, 0.15) is 31.1 Å². The molecule has 0 fully saturated rings. The Morgan fingerprint density at radius 3 is 2.62 bits per heavy atom. The fourth-order valence-electron chi connectivity index (χ4n) is 3.03. The zero-order valence-electron chi connectivity index (χ0n) is 14.0. The van der Waals surface area contributed by atoms with Crippen LogP contribution in [0.2, 0.25) is 0 Å². The molecule has 4 nitrogen and oxygen atoms in total. The van der Waals surface area contributed by atoms with Crippen molar-refractivity contribution in [3.8, 4) is 12.3 Å². The number of rotatable bonds is 1. The Hall–Kier alpha value is -2.80. The zero-order valence-corrected chi connectivity index (χ0v) is 14.0. The average molecular weight is 320 g/mol. The van der Waals surface area contributed by atoms with E-state index in [1.54, 1.807) is 18.2 Å². The summed E-state index contributed by atoms with van der Waals surface area (Å²) in [7, 11) is 0. The molecule has 24 heavy (non-hydrogen) atoms. The van der Waals surface area contributed by atoms with E-state index in [0.717, 1.165) is 5.69 Å². The summed E-state index contributed by atoms with van der Waals surface area (Å²) >= 11 is 0. The Kier molecular flexibility index (Phi) is 3.81. The number of fused-ring (bicyclic) bond motifs is 2. The van der Waals surface area contributed by atoms with Crippen molar-refractivity contribution in [2.45, 2.75) is 32.4 Å². The quantitative estimate of drug-likeness (QED) is 0.782. The van der Waals surface area contributed by atoms with Crippen molar-refractivity contribution >= 4 is 17.4 Å². The molecule has 1 aliphatic heterocycles. The number of amides is 1. The maximum atomic E-state index is 12.7. The molecular formula is C20H20N2O2. The van der Waals surface area contributed by atoms with Crippen molar-refractivity contribution in [2.75, 3.05) is 5.32 Å². The van der Waals surface area contributed by atoms with Crippen molar-refractivity contribution in [3.05, 3.63) is 53.1 Å². The molecule has 0 radical (unpaired) electrons. The number of terminal acetylenes is 1. The molecule has 1 amide bonds. The molecule has 0 saturated carbocycles. The van der Waals surface area contributed by atoms with E-state index in [0.29, 0.717) is 16.7 Å². The maximum absolute atomic E-state index is 12.7. The van der Waals surface area contributed by atoms with Gasteiger partial charge in [-0.2, -0.15) is 0 Å². The highest BCUT2D eigenvalue weighted by atomic mass is 16.2. The molecule has 1 heterocycles. The van der Waals surface area contributed by atoms with Crippen molar-refractivity contribution < 1.29 is 9.59 Å². The van der Waals surface area contributed by atoms with Crippen LogP contribution in [0, 0.1) is 18.3 Å². The number of carbonyl (C=O) groups is 2. The lowest BCUT2D eigenvalue weighted by Gasteiger charge is -2.34. The largest absolute Gasteiger partial charge is 0.377 e. The van der Waals surface area contributed by atoms with Crippen LogP contribution < -0.4 is 10.6 Å². The number of carbonyl (C=O) groups excluding carboxylic acids is 2. The minimum Gasteiger partial charge on any atom is -0.377 e. The molecule has 2 atom stereocenters. The number of benzene rings is 1. The normalized spacial score (nSPS) is 22.2. The van der Waals surface area contributed by atoms with Gasteiger partial charge in [0, 0.05) is 22.4 Å². The van der Waals surface area contributed by atoms with Crippen molar-refractivity contribution in [3.63, 3.8) is 0 Å². The van der Waals surface area contributed by atoms with Crippen LogP contribution in [0.25, 0.3) is 0 Å². The Morgan fingerprint density at radius 2 is 1.96 bits per heavy atom. The highest BCUT2D eigenvalue weighted by Gasteiger charge is 2.37. The van der Waals surface area contributed by atoms with Crippen LogP contribution in [-0.4, -0.2) is 23.3 Å². The van der Waals surface area contributed by atoms with Crippen LogP contribution in [0.15, 0.2) is 47.6 Å². The first-order valence-electron chi connectivity index (χ1n) is 7.93. The second kappa shape index (κ2) is 5.68. The minimum absolute atomic E-state index is 0.0219. The molecule has 1 aromatic carbocycles. The summed E-state index contributed by atoms with van der Waals surface area (Å²) in [6, 6.07) is 7.11. The van der Waals surface area contributed by atoms with Gasteiger partial charge in [-0.3, -0.25) is 9.59 Å². The van der Waals surface area contributed by atoms with Crippen molar-refractivity contribution in [2.24, 2.45) is 5.92 Å². The Morgan fingerprint density at radius 1 is 1.25 bits per heavy atom. The van der Waals surface area contributed by atoms with E-state index in [4.69, 9.17) is 6.42 Å². The number of ketones is 1. The van der Waals surface area contributed by atoms with E-state index in [1.807, 2.05) is 39.0 Å². The summed E-state index contributed by atoms with van der Waals surface area (Å²) in [6.07, 6.45) is 9.09. The maximum Gasteiger partial charge on any atom is 0.252 e. The minimum atomic E-state index is -0.392. The molecule has 3 rings (SSSR count). The van der Waals surface area contributed by atoms with Gasteiger partial charge in [0.2, 0.25) is 0 Å². The van der Waals surface area contributed by atoms with E-state index in [1.165, 1.54) is 0 Å². The van der Waals surface area contributed by atoms with Crippen molar-refractivity contribution in [1.82, 2.24) is 5.32 Å². The van der Waals surface area contributed by atoms with E-state index < -0.39 is 5.92 Å². The predicted molar refractivity (Wildman–Crippen MR) is 94.6 cm³/mol. The van der Waals surface area contributed by atoms with Crippen LogP contribution >= 0.6 is 0 Å². The molecule has 1 aromatic rings. The summed E-state index contributed by atoms with van der Waals surface area (Å²) in [5.41, 5.74) is 1.98. The smallest absolute Gasteiger partial charge is 0.252 e. The van der Waals surface area contributed by atoms with Gasteiger partial charge in [0.15, 0.2) is 5.78 Å². The van der Waals surface area contributed by atoms with Crippen molar-refractivity contribution in [1.29, 1.82) is 0 Å². The van der Waals surface area contributed by atoms with Crippen LogP contribution in [-0.2, 0) is 4.79 Å². The van der Waals surface area contributed by atoms with Gasteiger partial charge in [-0.05, 0) is 39.0 Å². The van der Waals surface area contributed by atoms with E-state index in [-0.39, 0.29) is 23.3 Å². The van der Waals surface area contributed by atoms with E-state index in [2.05, 4.69) is 16.6 Å². The first kappa shape index (κ1) is 16.1. The van der Waals surface area contributed by atoms with Gasteiger partial charge in [-0.15, -0.1) is 6.42 Å². The predicted octanol–water partition coefficient (Wildman–Crippen LogP) is 2.69. The highest BCUT2D eigenvalue weighted by molar-refractivity contribution is 6.08. The summed E-state index contributed by atoms with van der Waals surface area (Å²) in [6.45, 7) is 5.74. The first-order valence-corrected chi connectivity index (χ1v) is 7.93. The molecule has 2 unspecified atom stereocenters. The lowest BCUT2D eigenvalue weighted by atomic mass is 9.79. The lowest BCUT2D eigenvalue weighted by molar-refractivity contribution is -0.118. The molecule has 4 heteroatoms. The Balaban J connectivity index is 1.99.